The third-order valence-electron chi connectivity index (χ3n) is 10.7. The molecule has 0 aliphatic heterocycles. The number of esters is 1. The van der Waals surface area contributed by atoms with Crippen LogP contribution >= 0.6 is 7.82 Å². The Bertz CT molecular complexity index is 1150. The molecule has 0 spiro atoms. The van der Waals surface area contributed by atoms with Gasteiger partial charge in [0.25, 0.3) is 0 Å². The molecule has 0 saturated heterocycles. The van der Waals surface area contributed by atoms with E-state index in [0.29, 0.717) is 6.61 Å². The Morgan fingerprint density at radius 3 is 1.39 bits per heavy atom. The lowest BCUT2D eigenvalue weighted by atomic mass is 10.0. The molecule has 0 radical (unpaired) electrons. The number of aliphatic hydroxyl groups excluding tert-OH is 2. The third-order valence-corrected chi connectivity index (χ3v) is 11.7. The fourth-order valence-corrected chi connectivity index (χ4v) is 7.70. The quantitative estimate of drug-likeness (QED) is 0.0236. The Labute approximate surface area is 380 Å². The number of phosphoric acid groups is 1. The SMILES string of the molecule is CC/C=C\C/C=C\C/C=C\C/C=C\C/C=C\CCCCCCOCC(COP(=O)(O)OCC(O)CO)OC(=O)CCCCCCCCCCCCCCCCCCCCCCC. The second-order valence-corrected chi connectivity index (χ2v) is 18.3. The summed E-state index contributed by atoms with van der Waals surface area (Å²) in [6, 6.07) is 0. The summed E-state index contributed by atoms with van der Waals surface area (Å²) < 4.78 is 33.5. The van der Waals surface area contributed by atoms with Crippen LogP contribution in [0.15, 0.2) is 60.8 Å². The van der Waals surface area contributed by atoms with Gasteiger partial charge in [0, 0.05) is 13.0 Å². The average molecular weight is 895 g/mol. The predicted octanol–water partition coefficient (Wildman–Crippen LogP) is 14.7. The molecule has 0 aliphatic carbocycles. The molecule has 0 aliphatic rings. The second kappa shape index (κ2) is 48.6. The van der Waals surface area contributed by atoms with Gasteiger partial charge in [-0.3, -0.25) is 13.8 Å². The van der Waals surface area contributed by atoms with Crippen LogP contribution in [0.1, 0.15) is 219 Å². The highest BCUT2D eigenvalue weighted by atomic mass is 31.2. The summed E-state index contributed by atoms with van der Waals surface area (Å²) in [5.74, 6) is -0.389. The van der Waals surface area contributed by atoms with Crippen LogP contribution in [0.5, 0.6) is 0 Å². The topological polar surface area (TPSA) is 132 Å². The lowest BCUT2D eigenvalue weighted by Gasteiger charge is -2.20. The minimum absolute atomic E-state index is 0.0321. The van der Waals surface area contributed by atoms with Crippen LogP contribution in [-0.4, -0.2) is 66.3 Å². The lowest BCUT2D eigenvalue weighted by molar-refractivity contribution is -0.154. The predicted molar refractivity (Wildman–Crippen MR) is 260 cm³/mol. The summed E-state index contributed by atoms with van der Waals surface area (Å²) >= 11 is 0. The zero-order chi connectivity index (χ0) is 45.3. The third kappa shape index (κ3) is 47.6. The maximum absolute atomic E-state index is 12.7. The number of allylic oxidation sites excluding steroid dienone is 10. The Kier molecular flexibility index (Phi) is 47.2. The standard InChI is InChI=1S/C52H95O9P/c1-3-5-7-9-11-13-15-17-19-21-23-25-26-28-30-32-34-36-38-40-42-44-52(55)61-51(49-60-62(56,57)59-47-50(54)46-53)48-58-45-43-41-39-37-35-33-31-29-27-24-22-20-18-16-14-12-10-8-6-4-2/h6,8,12,14,18,20,24,27,31,33,50-51,53-54H,3-5,7,9-11,13,15-17,19,21-23,25-26,28-30,32,34-49H2,1-2H3,(H,56,57)/b8-6-,14-12-,20-18-,27-24-,33-31-. The second-order valence-electron chi connectivity index (χ2n) is 16.8. The largest absolute Gasteiger partial charge is 0.472 e. The number of carbonyl (C=O) groups is 1. The summed E-state index contributed by atoms with van der Waals surface area (Å²) in [4.78, 5) is 22.7. The molecule has 0 aromatic carbocycles. The van der Waals surface area contributed by atoms with Gasteiger partial charge in [-0.1, -0.05) is 216 Å². The molecule has 3 atom stereocenters. The van der Waals surface area contributed by atoms with Crippen molar-refractivity contribution in [3.8, 4) is 0 Å². The molecule has 0 saturated carbocycles. The van der Waals surface area contributed by atoms with E-state index in [1.807, 2.05) is 0 Å². The molecule has 0 amide bonds. The molecule has 3 N–H and O–H groups in total. The molecule has 3 unspecified atom stereocenters. The first-order chi connectivity index (χ1) is 30.3. The Balaban J connectivity index is 4.12. The number of aliphatic hydroxyl groups is 2. The van der Waals surface area contributed by atoms with Gasteiger partial charge in [-0.05, 0) is 57.8 Å². The summed E-state index contributed by atoms with van der Waals surface area (Å²) in [5.41, 5.74) is 0. The number of hydrogen-bond acceptors (Lipinski definition) is 8. The zero-order valence-electron chi connectivity index (χ0n) is 39.8. The van der Waals surface area contributed by atoms with E-state index in [2.05, 4.69) is 74.6 Å². The van der Waals surface area contributed by atoms with Crippen LogP contribution in [0, 0.1) is 0 Å². The number of hydrogen-bond donors (Lipinski definition) is 3. The van der Waals surface area contributed by atoms with Crippen LogP contribution in [0.3, 0.4) is 0 Å². The van der Waals surface area contributed by atoms with E-state index in [-0.39, 0.29) is 25.6 Å². The monoisotopic (exact) mass is 895 g/mol. The molecule has 0 bridgehead atoms. The van der Waals surface area contributed by atoms with E-state index < -0.39 is 33.2 Å². The van der Waals surface area contributed by atoms with E-state index in [4.69, 9.17) is 23.6 Å². The van der Waals surface area contributed by atoms with Crippen molar-refractivity contribution < 1.29 is 43.0 Å². The van der Waals surface area contributed by atoms with Crippen LogP contribution in [0.25, 0.3) is 0 Å². The minimum Gasteiger partial charge on any atom is -0.457 e. The van der Waals surface area contributed by atoms with Crippen LogP contribution in [-0.2, 0) is 27.9 Å². The molecule has 10 heteroatoms. The van der Waals surface area contributed by atoms with Gasteiger partial charge < -0.3 is 24.6 Å². The van der Waals surface area contributed by atoms with Crippen molar-refractivity contribution in [2.45, 2.75) is 232 Å². The summed E-state index contributed by atoms with van der Waals surface area (Å²) in [7, 11) is -4.53. The number of carbonyl (C=O) groups excluding carboxylic acids is 1. The smallest absolute Gasteiger partial charge is 0.457 e. The zero-order valence-corrected chi connectivity index (χ0v) is 40.7. The van der Waals surface area contributed by atoms with Gasteiger partial charge in [-0.25, -0.2) is 4.57 Å². The molecule has 0 heterocycles. The van der Waals surface area contributed by atoms with Gasteiger partial charge in [0.1, 0.15) is 12.2 Å². The van der Waals surface area contributed by atoms with E-state index in [1.165, 1.54) is 116 Å². The van der Waals surface area contributed by atoms with Crippen LogP contribution in [0.2, 0.25) is 0 Å². The van der Waals surface area contributed by atoms with Gasteiger partial charge >= 0.3 is 13.8 Å². The van der Waals surface area contributed by atoms with Crippen LogP contribution in [0.4, 0.5) is 0 Å². The summed E-state index contributed by atoms with van der Waals surface area (Å²) in [6.07, 6.45) is 57.6. The highest BCUT2D eigenvalue weighted by molar-refractivity contribution is 7.47. The van der Waals surface area contributed by atoms with Crippen molar-refractivity contribution in [3.05, 3.63) is 60.8 Å². The number of rotatable bonds is 48. The molecular weight excluding hydrogens is 800 g/mol. The van der Waals surface area contributed by atoms with Gasteiger partial charge in [-0.2, -0.15) is 0 Å². The number of unbranched alkanes of at least 4 members (excludes halogenated alkanes) is 24. The van der Waals surface area contributed by atoms with Crippen molar-refractivity contribution >= 4 is 13.8 Å². The fraction of sp³-hybridized carbons (Fsp3) is 0.788. The van der Waals surface area contributed by atoms with Gasteiger partial charge in [0.05, 0.1) is 26.4 Å². The van der Waals surface area contributed by atoms with Crippen molar-refractivity contribution in [3.63, 3.8) is 0 Å². The average Bonchev–Trinajstić information content (AvgIpc) is 3.26. The number of phosphoric ester groups is 1. The van der Waals surface area contributed by atoms with Gasteiger partial charge in [0.15, 0.2) is 0 Å². The molecule has 362 valence electrons. The lowest BCUT2D eigenvalue weighted by Crippen LogP contribution is -2.29. The van der Waals surface area contributed by atoms with E-state index in [1.54, 1.807) is 0 Å². The van der Waals surface area contributed by atoms with E-state index in [0.717, 1.165) is 83.5 Å². The normalized spacial score (nSPS) is 14.3. The number of ether oxygens (including phenoxy) is 2. The Morgan fingerprint density at radius 2 is 0.919 bits per heavy atom. The Hall–Kier alpha value is -1.84. The van der Waals surface area contributed by atoms with E-state index in [9.17, 15) is 19.4 Å². The Morgan fingerprint density at radius 1 is 0.516 bits per heavy atom. The minimum atomic E-state index is -4.53. The molecule has 62 heavy (non-hydrogen) atoms. The van der Waals surface area contributed by atoms with Crippen molar-refractivity contribution in [1.29, 1.82) is 0 Å². The van der Waals surface area contributed by atoms with Gasteiger partial charge in [0.2, 0.25) is 0 Å². The first-order valence-electron chi connectivity index (χ1n) is 25.3. The molecule has 0 aromatic rings. The fourth-order valence-electron chi connectivity index (χ4n) is 6.91. The highest BCUT2D eigenvalue weighted by Crippen LogP contribution is 2.43. The van der Waals surface area contributed by atoms with Crippen molar-refractivity contribution in [2.24, 2.45) is 0 Å². The van der Waals surface area contributed by atoms with Crippen molar-refractivity contribution in [2.75, 3.05) is 33.0 Å². The molecule has 0 fully saturated rings. The summed E-state index contributed by atoms with van der Waals surface area (Å²) in [5, 5.41) is 18.4. The maximum atomic E-state index is 12.7. The molecule has 9 nitrogen and oxygen atoms in total. The molecule has 0 rings (SSSR count). The van der Waals surface area contributed by atoms with Gasteiger partial charge in [-0.15, -0.1) is 0 Å². The molecular formula is C52H95O9P. The molecule has 0 aromatic heterocycles. The first kappa shape index (κ1) is 60.2. The summed E-state index contributed by atoms with van der Waals surface area (Å²) in [6.45, 7) is 3.37. The maximum Gasteiger partial charge on any atom is 0.472 e. The van der Waals surface area contributed by atoms with E-state index >= 15 is 0 Å². The first-order valence-corrected chi connectivity index (χ1v) is 26.8. The van der Waals surface area contributed by atoms with Crippen molar-refractivity contribution in [1.82, 2.24) is 0 Å². The highest BCUT2D eigenvalue weighted by Gasteiger charge is 2.26. The van der Waals surface area contributed by atoms with Crippen LogP contribution < -0.4 is 0 Å².